The highest BCUT2D eigenvalue weighted by Crippen LogP contribution is 2.43. The summed E-state index contributed by atoms with van der Waals surface area (Å²) in [6.45, 7) is 8.68. The monoisotopic (exact) mass is 454 g/mol. The Kier molecular flexibility index (Phi) is 5.59. The Hall–Kier alpha value is -4.41. The fourth-order valence-electron chi connectivity index (χ4n) is 4.76. The van der Waals surface area contributed by atoms with Gasteiger partial charge in [-0.15, -0.1) is 0 Å². The lowest BCUT2D eigenvalue weighted by Gasteiger charge is -2.17. The highest BCUT2D eigenvalue weighted by Gasteiger charge is 2.25. The number of nitriles is 2. The molecule has 0 atom stereocenters. The molecule has 0 saturated carbocycles. The Morgan fingerprint density at radius 3 is 1.74 bits per heavy atom. The lowest BCUT2D eigenvalue weighted by molar-refractivity contribution is 0.867. The van der Waals surface area contributed by atoms with Gasteiger partial charge in [0.25, 0.3) is 0 Å². The van der Waals surface area contributed by atoms with Gasteiger partial charge in [-0.3, -0.25) is 4.40 Å². The largest absolute Gasteiger partial charge is 0.299 e. The van der Waals surface area contributed by atoms with E-state index in [1.54, 1.807) is 0 Å². The van der Waals surface area contributed by atoms with Crippen LogP contribution in [0.1, 0.15) is 61.8 Å². The molecule has 5 rings (SSSR count). The molecule has 35 heavy (non-hydrogen) atoms. The number of aromatic nitrogens is 2. The highest BCUT2D eigenvalue weighted by molar-refractivity contribution is 6.07. The van der Waals surface area contributed by atoms with E-state index in [4.69, 9.17) is 4.98 Å². The molecule has 0 radical (unpaired) electrons. The van der Waals surface area contributed by atoms with Crippen LogP contribution in [0.25, 0.3) is 38.9 Å². The Balaban J connectivity index is 1.97. The Morgan fingerprint density at radius 1 is 0.686 bits per heavy atom. The van der Waals surface area contributed by atoms with Gasteiger partial charge in [0.2, 0.25) is 0 Å². The van der Waals surface area contributed by atoms with Crippen LogP contribution in [-0.2, 0) is 0 Å². The third-order valence-corrected chi connectivity index (χ3v) is 6.71. The minimum atomic E-state index is 0.316. The van der Waals surface area contributed by atoms with Crippen molar-refractivity contribution in [1.82, 2.24) is 9.38 Å². The smallest absolute Gasteiger partial charge is 0.137 e. The van der Waals surface area contributed by atoms with Crippen LogP contribution < -0.4 is 0 Å². The molecule has 0 aliphatic carbocycles. The van der Waals surface area contributed by atoms with Gasteiger partial charge in [-0.05, 0) is 46.2 Å². The summed E-state index contributed by atoms with van der Waals surface area (Å²) in [6.07, 6.45) is 1.97. The first kappa shape index (κ1) is 22.4. The third kappa shape index (κ3) is 3.65. The van der Waals surface area contributed by atoms with E-state index in [1.165, 1.54) is 11.1 Å². The SMILES string of the molecule is CC(C)c1ccc(-c2c(C#N)c(C#N)c3nc4ccccn4c3c2-c2ccc(C(C)C)cc2)cc1. The minimum absolute atomic E-state index is 0.316. The van der Waals surface area contributed by atoms with Gasteiger partial charge < -0.3 is 0 Å². The maximum absolute atomic E-state index is 10.3. The average molecular weight is 455 g/mol. The number of rotatable bonds is 4. The van der Waals surface area contributed by atoms with Crippen molar-refractivity contribution in [1.29, 1.82) is 10.5 Å². The van der Waals surface area contributed by atoms with E-state index in [1.807, 2.05) is 28.8 Å². The van der Waals surface area contributed by atoms with E-state index in [0.29, 0.717) is 28.5 Å². The molecule has 4 nitrogen and oxygen atoms in total. The number of hydrogen-bond donors (Lipinski definition) is 0. The summed E-state index contributed by atoms with van der Waals surface area (Å²) < 4.78 is 2.02. The predicted molar refractivity (Wildman–Crippen MR) is 141 cm³/mol. The number of hydrogen-bond acceptors (Lipinski definition) is 3. The van der Waals surface area contributed by atoms with Crippen LogP contribution in [-0.4, -0.2) is 9.38 Å². The van der Waals surface area contributed by atoms with Crippen molar-refractivity contribution >= 4 is 16.7 Å². The van der Waals surface area contributed by atoms with Gasteiger partial charge in [-0.25, -0.2) is 4.98 Å². The van der Waals surface area contributed by atoms with Gasteiger partial charge in [0.05, 0.1) is 16.6 Å². The van der Waals surface area contributed by atoms with Crippen LogP contribution in [0.3, 0.4) is 0 Å². The first-order valence-electron chi connectivity index (χ1n) is 11.9. The first-order chi connectivity index (χ1) is 16.9. The normalized spacial score (nSPS) is 11.3. The number of benzene rings is 3. The van der Waals surface area contributed by atoms with E-state index in [-0.39, 0.29) is 0 Å². The molecule has 0 aliphatic heterocycles. The summed E-state index contributed by atoms with van der Waals surface area (Å²) in [5.74, 6) is 0.817. The maximum atomic E-state index is 10.3. The Labute approximate surface area is 205 Å². The van der Waals surface area contributed by atoms with Crippen LogP contribution >= 0.6 is 0 Å². The lowest BCUT2D eigenvalue weighted by atomic mass is 9.85. The van der Waals surface area contributed by atoms with Gasteiger partial charge in [0, 0.05) is 17.3 Å². The van der Waals surface area contributed by atoms with Crippen molar-refractivity contribution in [3.63, 3.8) is 0 Å². The predicted octanol–water partition coefficient (Wildman–Crippen LogP) is 7.81. The molecule has 0 N–H and O–H groups in total. The molecule has 0 saturated heterocycles. The van der Waals surface area contributed by atoms with Crippen LogP contribution in [0.4, 0.5) is 0 Å². The molecule has 0 amide bonds. The Bertz CT molecular complexity index is 1640. The van der Waals surface area contributed by atoms with Crippen molar-refractivity contribution in [2.24, 2.45) is 0 Å². The summed E-state index contributed by atoms with van der Waals surface area (Å²) in [6, 6.07) is 27.3. The molecular weight excluding hydrogens is 428 g/mol. The maximum Gasteiger partial charge on any atom is 0.137 e. The van der Waals surface area contributed by atoms with E-state index >= 15 is 0 Å². The van der Waals surface area contributed by atoms with Crippen molar-refractivity contribution in [3.05, 3.63) is 95.2 Å². The van der Waals surface area contributed by atoms with Gasteiger partial charge in [0.1, 0.15) is 23.3 Å². The topological polar surface area (TPSA) is 64.9 Å². The molecule has 0 spiro atoms. The molecule has 0 aliphatic rings. The van der Waals surface area contributed by atoms with Crippen molar-refractivity contribution in [2.45, 2.75) is 39.5 Å². The van der Waals surface area contributed by atoms with Crippen LogP contribution in [0.15, 0.2) is 72.9 Å². The quantitative estimate of drug-likeness (QED) is 0.278. The van der Waals surface area contributed by atoms with Crippen molar-refractivity contribution in [2.75, 3.05) is 0 Å². The molecule has 170 valence electrons. The molecule has 2 aromatic heterocycles. The van der Waals surface area contributed by atoms with Crippen LogP contribution in [0, 0.1) is 22.7 Å². The van der Waals surface area contributed by atoms with Crippen LogP contribution in [0.5, 0.6) is 0 Å². The fraction of sp³-hybridized carbons (Fsp3) is 0.194. The molecular formula is C31H26N4. The standard InChI is InChI=1S/C31H26N4/c1-19(2)21-8-12-23(13-9-21)28-25(17-32)26(18-33)30-31(35-16-6-5-7-27(35)34-30)29(28)24-14-10-22(11-15-24)20(3)4/h5-16,19-20H,1-4H3. The van der Waals surface area contributed by atoms with Crippen LogP contribution in [0.2, 0.25) is 0 Å². The zero-order chi connectivity index (χ0) is 24.7. The van der Waals surface area contributed by atoms with E-state index in [0.717, 1.165) is 33.4 Å². The Morgan fingerprint density at radius 2 is 1.23 bits per heavy atom. The molecule has 0 unspecified atom stereocenters. The second-order valence-corrected chi connectivity index (χ2v) is 9.51. The fourth-order valence-corrected chi connectivity index (χ4v) is 4.76. The number of imidazole rings is 1. The molecule has 5 aromatic rings. The minimum Gasteiger partial charge on any atom is -0.299 e. The molecule has 2 heterocycles. The van der Waals surface area contributed by atoms with E-state index < -0.39 is 0 Å². The zero-order valence-corrected chi connectivity index (χ0v) is 20.4. The summed E-state index contributed by atoms with van der Waals surface area (Å²) >= 11 is 0. The summed E-state index contributed by atoms with van der Waals surface area (Å²) in [7, 11) is 0. The van der Waals surface area contributed by atoms with E-state index in [9.17, 15) is 10.5 Å². The zero-order valence-electron chi connectivity index (χ0n) is 20.4. The molecule has 4 heteroatoms. The summed E-state index contributed by atoms with van der Waals surface area (Å²) in [5.41, 5.74) is 8.91. The number of pyridine rings is 1. The van der Waals surface area contributed by atoms with Crippen molar-refractivity contribution < 1.29 is 0 Å². The number of nitrogens with zero attached hydrogens (tertiary/aromatic N) is 4. The summed E-state index contributed by atoms with van der Waals surface area (Å²) in [4.78, 5) is 4.79. The first-order valence-corrected chi connectivity index (χ1v) is 11.9. The van der Waals surface area contributed by atoms with Crippen molar-refractivity contribution in [3.8, 4) is 34.4 Å². The van der Waals surface area contributed by atoms with Gasteiger partial charge in [0.15, 0.2) is 0 Å². The lowest BCUT2D eigenvalue weighted by Crippen LogP contribution is -1.99. The van der Waals surface area contributed by atoms with E-state index in [2.05, 4.69) is 88.4 Å². The van der Waals surface area contributed by atoms with Gasteiger partial charge >= 0.3 is 0 Å². The molecule has 0 fully saturated rings. The van der Waals surface area contributed by atoms with Gasteiger partial charge in [-0.2, -0.15) is 10.5 Å². The molecule has 0 bridgehead atoms. The number of fused-ring (bicyclic) bond motifs is 3. The average Bonchev–Trinajstić information content (AvgIpc) is 3.26. The second kappa shape index (κ2) is 8.75. The third-order valence-electron chi connectivity index (χ3n) is 6.71. The van der Waals surface area contributed by atoms with Gasteiger partial charge in [-0.1, -0.05) is 82.3 Å². The summed E-state index contributed by atoms with van der Waals surface area (Å²) in [5, 5.41) is 20.5. The second-order valence-electron chi connectivity index (χ2n) is 9.51. The highest BCUT2D eigenvalue weighted by atomic mass is 15.0. The molecule has 3 aromatic carbocycles.